The molecule has 1 aromatic heterocycles. The molecule has 0 unspecified atom stereocenters. The average Bonchev–Trinajstić information content (AvgIpc) is 2.16. The molecule has 0 aliphatic heterocycles. The minimum atomic E-state index is -1.00. The lowest BCUT2D eigenvalue weighted by Crippen LogP contribution is -2.41. The number of carbonyl (C=O) groups excluding carboxylic acids is 2. The van der Waals surface area contributed by atoms with E-state index in [1.54, 1.807) is 0 Å². The Kier molecular flexibility index (Phi) is 3.93. The second-order valence-electron chi connectivity index (χ2n) is 3.21. The van der Waals surface area contributed by atoms with Gasteiger partial charge in [0.1, 0.15) is 0 Å². The number of ether oxygens (including phenoxy) is 1. The lowest BCUT2D eigenvalue weighted by molar-refractivity contribution is -0.684. The Hall–Kier alpha value is -1.98. The van der Waals surface area contributed by atoms with E-state index in [9.17, 15) is 14.0 Å². The molecular weight excluding hydrogens is 215 g/mol. The van der Waals surface area contributed by atoms with Gasteiger partial charge in [0.15, 0.2) is 17.7 Å². The van der Waals surface area contributed by atoms with E-state index in [4.69, 9.17) is 5.73 Å². The molecule has 0 saturated heterocycles. The zero-order valence-corrected chi connectivity index (χ0v) is 8.77. The van der Waals surface area contributed by atoms with Crippen LogP contribution < -0.4 is 15.0 Å². The van der Waals surface area contributed by atoms with Crippen LogP contribution in [-0.2, 0) is 11.3 Å². The van der Waals surface area contributed by atoms with Gasteiger partial charge >= 0.3 is 0 Å². The van der Waals surface area contributed by atoms with Crippen LogP contribution in [0.3, 0.4) is 0 Å². The molecule has 2 N–H and O–H groups in total. The first-order chi connectivity index (χ1) is 7.52. The predicted molar refractivity (Wildman–Crippen MR) is 52.4 cm³/mol. The normalized spacial score (nSPS) is 9.88. The molecule has 0 bridgehead atoms. The summed E-state index contributed by atoms with van der Waals surface area (Å²) in [5, 5.41) is 0. The second kappa shape index (κ2) is 5.20. The van der Waals surface area contributed by atoms with Crippen molar-refractivity contribution in [3.8, 4) is 5.75 Å². The molecule has 0 saturated carbocycles. The fourth-order valence-electron chi connectivity index (χ4n) is 1.21. The number of hydrogen-bond donors (Lipinski definition) is 1. The van der Waals surface area contributed by atoms with E-state index in [1.807, 2.05) is 0 Å². The number of alkyl halides is 1. The number of aromatic nitrogens is 1. The molecule has 1 amide bonds. The third kappa shape index (κ3) is 3.30. The number of nitrogens with two attached hydrogens (primary N) is 1. The van der Waals surface area contributed by atoms with Crippen molar-refractivity contribution < 1.29 is 23.3 Å². The van der Waals surface area contributed by atoms with E-state index in [0.717, 1.165) is 0 Å². The molecular formula is C10H12FN2O3+. The summed E-state index contributed by atoms with van der Waals surface area (Å²) >= 11 is 0. The molecule has 0 aliphatic carbocycles. The summed E-state index contributed by atoms with van der Waals surface area (Å²) in [6.45, 7) is 0.269. The van der Waals surface area contributed by atoms with Gasteiger partial charge < -0.3 is 10.5 Å². The molecule has 0 spiro atoms. The third-order valence-electron chi connectivity index (χ3n) is 1.86. The Morgan fingerprint density at radius 3 is 2.69 bits per heavy atom. The van der Waals surface area contributed by atoms with Crippen LogP contribution in [0, 0.1) is 0 Å². The van der Waals surface area contributed by atoms with Crippen molar-refractivity contribution in [2.75, 3.05) is 6.86 Å². The van der Waals surface area contributed by atoms with Crippen LogP contribution in [0.4, 0.5) is 4.39 Å². The van der Waals surface area contributed by atoms with Gasteiger partial charge in [-0.1, -0.05) is 0 Å². The molecule has 0 aromatic carbocycles. The van der Waals surface area contributed by atoms with Crippen molar-refractivity contribution in [1.29, 1.82) is 0 Å². The minimum Gasteiger partial charge on any atom is -0.457 e. The van der Waals surface area contributed by atoms with E-state index >= 15 is 0 Å². The van der Waals surface area contributed by atoms with E-state index in [2.05, 4.69) is 4.74 Å². The van der Waals surface area contributed by atoms with Gasteiger partial charge in [-0.2, -0.15) is 4.57 Å². The number of ketones is 1. The molecule has 16 heavy (non-hydrogen) atoms. The van der Waals surface area contributed by atoms with Gasteiger partial charge in [0.05, 0.1) is 5.56 Å². The standard InChI is InChI=1S/C10H11FN2O3/c1-7(14)8-2-9(16-6-11)4-13(3-8)5-10(12)15/h2-4H,5-6H2,1H3,(H-,12,15)/p+1. The van der Waals surface area contributed by atoms with Gasteiger partial charge in [-0.3, -0.25) is 9.59 Å². The number of nitrogens with zero attached hydrogens (tertiary/aromatic N) is 1. The fraction of sp³-hybridized carbons (Fsp3) is 0.300. The van der Waals surface area contributed by atoms with Crippen LogP contribution in [0.5, 0.6) is 5.75 Å². The maximum absolute atomic E-state index is 12.0. The van der Waals surface area contributed by atoms with Gasteiger partial charge in [0, 0.05) is 6.07 Å². The summed E-state index contributed by atoms with van der Waals surface area (Å²) < 4.78 is 18.0. The molecule has 0 atom stereocenters. The molecule has 1 heterocycles. The summed E-state index contributed by atoms with van der Waals surface area (Å²) in [4.78, 5) is 21.9. The molecule has 5 nitrogen and oxygen atoms in total. The first kappa shape index (κ1) is 12.1. The van der Waals surface area contributed by atoms with E-state index in [1.165, 1.54) is 30.0 Å². The van der Waals surface area contributed by atoms with Crippen molar-refractivity contribution in [3.05, 3.63) is 24.0 Å². The first-order valence-corrected chi connectivity index (χ1v) is 4.55. The maximum atomic E-state index is 12.0. The summed E-state index contributed by atoms with van der Waals surface area (Å²) in [6, 6.07) is 1.40. The van der Waals surface area contributed by atoms with Crippen LogP contribution in [0.1, 0.15) is 17.3 Å². The van der Waals surface area contributed by atoms with Gasteiger partial charge in [-0.05, 0) is 6.92 Å². The Morgan fingerprint density at radius 1 is 1.50 bits per heavy atom. The summed E-state index contributed by atoms with van der Waals surface area (Å²) in [7, 11) is 0. The minimum absolute atomic E-state index is 0.0935. The van der Waals surface area contributed by atoms with Crippen molar-refractivity contribution in [1.82, 2.24) is 0 Å². The van der Waals surface area contributed by atoms with Crippen LogP contribution >= 0.6 is 0 Å². The lowest BCUT2D eigenvalue weighted by Gasteiger charge is -2.02. The number of pyridine rings is 1. The molecule has 0 fully saturated rings. The van der Waals surface area contributed by atoms with Gasteiger partial charge in [-0.15, -0.1) is 0 Å². The highest BCUT2D eigenvalue weighted by Gasteiger charge is 2.13. The number of carbonyl (C=O) groups is 2. The zero-order chi connectivity index (χ0) is 12.1. The Labute approximate surface area is 91.6 Å². The highest BCUT2D eigenvalue weighted by molar-refractivity contribution is 5.93. The lowest BCUT2D eigenvalue weighted by atomic mass is 10.2. The average molecular weight is 227 g/mol. The van der Waals surface area contributed by atoms with E-state index in [0.29, 0.717) is 5.56 Å². The smallest absolute Gasteiger partial charge is 0.283 e. The van der Waals surface area contributed by atoms with E-state index < -0.39 is 12.8 Å². The SMILES string of the molecule is CC(=O)c1cc(OCF)c[n+](CC(N)=O)c1. The number of rotatable bonds is 5. The van der Waals surface area contributed by atoms with Crippen molar-refractivity contribution in [2.24, 2.45) is 5.73 Å². The Bertz CT molecular complexity index is 421. The van der Waals surface area contributed by atoms with Crippen LogP contribution in [-0.4, -0.2) is 18.6 Å². The first-order valence-electron chi connectivity index (χ1n) is 4.55. The Morgan fingerprint density at radius 2 is 2.19 bits per heavy atom. The maximum Gasteiger partial charge on any atom is 0.283 e. The molecule has 1 rings (SSSR count). The summed E-state index contributed by atoms with van der Waals surface area (Å²) in [5.74, 6) is -0.587. The number of amides is 1. The largest absolute Gasteiger partial charge is 0.457 e. The van der Waals surface area contributed by atoms with E-state index in [-0.39, 0.29) is 18.1 Å². The quantitative estimate of drug-likeness (QED) is 0.567. The van der Waals surface area contributed by atoms with Crippen molar-refractivity contribution in [2.45, 2.75) is 13.5 Å². The van der Waals surface area contributed by atoms with Crippen LogP contribution in [0.25, 0.3) is 0 Å². The predicted octanol–water partition coefficient (Wildman–Crippen LogP) is -0.0322. The summed E-state index contributed by atoms with van der Waals surface area (Å²) in [5.41, 5.74) is 5.34. The van der Waals surface area contributed by atoms with Crippen molar-refractivity contribution in [3.63, 3.8) is 0 Å². The molecule has 6 heteroatoms. The van der Waals surface area contributed by atoms with Crippen molar-refractivity contribution >= 4 is 11.7 Å². The number of hydrogen-bond acceptors (Lipinski definition) is 3. The number of Topliss-reactive ketones (excluding diaryl/α,β-unsaturated/α-hetero) is 1. The van der Waals surface area contributed by atoms with Crippen LogP contribution in [0.2, 0.25) is 0 Å². The third-order valence-corrected chi connectivity index (χ3v) is 1.86. The summed E-state index contributed by atoms with van der Waals surface area (Å²) in [6.07, 6.45) is 2.86. The zero-order valence-electron chi connectivity index (χ0n) is 8.77. The topological polar surface area (TPSA) is 73.3 Å². The van der Waals surface area contributed by atoms with Crippen LogP contribution in [0.15, 0.2) is 18.5 Å². The highest BCUT2D eigenvalue weighted by atomic mass is 19.1. The molecule has 0 aliphatic rings. The monoisotopic (exact) mass is 227 g/mol. The molecule has 86 valence electrons. The number of halogens is 1. The number of primary amides is 1. The van der Waals surface area contributed by atoms with Gasteiger partial charge in [0.25, 0.3) is 5.91 Å². The fourth-order valence-corrected chi connectivity index (χ4v) is 1.21. The second-order valence-corrected chi connectivity index (χ2v) is 3.21. The van der Waals surface area contributed by atoms with Gasteiger partial charge in [-0.25, -0.2) is 4.39 Å². The highest BCUT2D eigenvalue weighted by Crippen LogP contribution is 2.10. The van der Waals surface area contributed by atoms with Gasteiger partial charge in [0.2, 0.25) is 19.6 Å². The molecule has 0 radical (unpaired) electrons. The Balaban J connectivity index is 3.07. The molecule has 1 aromatic rings.